The summed E-state index contributed by atoms with van der Waals surface area (Å²) in [6.45, 7) is 4.84. The highest BCUT2D eigenvalue weighted by atomic mass is 16.5. The number of nitrogens with one attached hydrogen (secondary N) is 1. The molecule has 2 amide bonds. The molecule has 3 rings (SSSR count). The van der Waals surface area contributed by atoms with E-state index >= 15 is 0 Å². The van der Waals surface area contributed by atoms with Gasteiger partial charge in [-0.15, -0.1) is 0 Å². The van der Waals surface area contributed by atoms with Gasteiger partial charge in [0.2, 0.25) is 11.8 Å². The van der Waals surface area contributed by atoms with Gasteiger partial charge in [-0.3, -0.25) is 9.59 Å². The molecule has 0 radical (unpaired) electrons. The van der Waals surface area contributed by atoms with Crippen molar-refractivity contribution in [2.75, 3.05) is 18.1 Å². The standard InChI is InChI=1S/C22H26N2O3/c1-16(2)21(22(26)24-14-12-17-8-6-7-11-19(17)24)23-20(25)13-15-27-18-9-4-3-5-10-18/h3-11,16,21H,12-15H2,1-2H3,(H,23,25)/t21-/m0/s1. The van der Waals surface area contributed by atoms with Crippen molar-refractivity contribution in [2.24, 2.45) is 5.92 Å². The summed E-state index contributed by atoms with van der Waals surface area (Å²) in [5.41, 5.74) is 2.13. The summed E-state index contributed by atoms with van der Waals surface area (Å²) in [4.78, 5) is 27.2. The maximum absolute atomic E-state index is 13.1. The number of carbonyl (C=O) groups is 2. The van der Waals surface area contributed by atoms with E-state index in [1.165, 1.54) is 5.56 Å². The molecule has 0 aliphatic carbocycles. The first-order valence-electron chi connectivity index (χ1n) is 9.43. The van der Waals surface area contributed by atoms with Gasteiger partial charge in [0.1, 0.15) is 11.8 Å². The highest BCUT2D eigenvalue weighted by Gasteiger charge is 2.32. The zero-order valence-electron chi connectivity index (χ0n) is 15.9. The first-order valence-corrected chi connectivity index (χ1v) is 9.43. The lowest BCUT2D eigenvalue weighted by Gasteiger charge is -2.27. The summed E-state index contributed by atoms with van der Waals surface area (Å²) in [5, 5.41) is 2.90. The Hall–Kier alpha value is -2.82. The Kier molecular flexibility index (Phi) is 6.12. The van der Waals surface area contributed by atoms with Crippen LogP contribution in [0.25, 0.3) is 0 Å². The van der Waals surface area contributed by atoms with Crippen LogP contribution in [0.3, 0.4) is 0 Å². The summed E-state index contributed by atoms with van der Waals surface area (Å²) in [7, 11) is 0. The van der Waals surface area contributed by atoms with Crippen LogP contribution in [-0.2, 0) is 16.0 Å². The number of fused-ring (bicyclic) bond motifs is 1. The van der Waals surface area contributed by atoms with E-state index in [2.05, 4.69) is 5.32 Å². The molecule has 1 aliphatic heterocycles. The van der Waals surface area contributed by atoms with Crippen LogP contribution in [0.4, 0.5) is 5.69 Å². The van der Waals surface area contributed by atoms with E-state index in [1.807, 2.05) is 68.4 Å². The third-order valence-electron chi connectivity index (χ3n) is 4.74. The predicted octanol–water partition coefficient (Wildman–Crippen LogP) is 3.19. The maximum atomic E-state index is 13.1. The first kappa shape index (κ1) is 19.0. The molecule has 0 saturated carbocycles. The van der Waals surface area contributed by atoms with E-state index in [-0.39, 0.29) is 30.8 Å². The summed E-state index contributed by atoms with van der Waals surface area (Å²) >= 11 is 0. The van der Waals surface area contributed by atoms with Crippen LogP contribution < -0.4 is 15.0 Å². The van der Waals surface area contributed by atoms with E-state index < -0.39 is 6.04 Å². The van der Waals surface area contributed by atoms with E-state index in [9.17, 15) is 9.59 Å². The molecule has 1 atom stereocenters. The fourth-order valence-corrected chi connectivity index (χ4v) is 3.27. The molecule has 0 unspecified atom stereocenters. The van der Waals surface area contributed by atoms with Crippen molar-refractivity contribution in [3.8, 4) is 5.75 Å². The average Bonchev–Trinajstić information content (AvgIpc) is 3.10. The Morgan fingerprint density at radius 3 is 2.52 bits per heavy atom. The van der Waals surface area contributed by atoms with Gasteiger partial charge in [-0.25, -0.2) is 0 Å². The van der Waals surface area contributed by atoms with E-state index in [1.54, 1.807) is 4.90 Å². The molecule has 1 N–H and O–H groups in total. The van der Waals surface area contributed by atoms with Gasteiger partial charge < -0.3 is 15.0 Å². The first-order chi connectivity index (χ1) is 13.1. The van der Waals surface area contributed by atoms with Gasteiger partial charge in [0.15, 0.2) is 0 Å². The van der Waals surface area contributed by atoms with Gasteiger partial charge in [-0.05, 0) is 36.1 Å². The molecule has 1 aliphatic rings. The van der Waals surface area contributed by atoms with Gasteiger partial charge in [0, 0.05) is 12.2 Å². The van der Waals surface area contributed by atoms with Crippen LogP contribution >= 0.6 is 0 Å². The minimum atomic E-state index is -0.541. The predicted molar refractivity (Wildman–Crippen MR) is 106 cm³/mol. The molecule has 2 aromatic rings. The molecule has 5 nitrogen and oxygen atoms in total. The van der Waals surface area contributed by atoms with Crippen molar-refractivity contribution >= 4 is 17.5 Å². The largest absolute Gasteiger partial charge is 0.493 e. The van der Waals surface area contributed by atoms with Crippen LogP contribution in [-0.4, -0.2) is 31.0 Å². The molecule has 0 fully saturated rings. The number of para-hydroxylation sites is 2. The number of ether oxygens (including phenoxy) is 1. The molecule has 27 heavy (non-hydrogen) atoms. The number of amides is 2. The maximum Gasteiger partial charge on any atom is 0.249 e. The average molecular weight is 366 g/mol. The number of anilines is 1. The quantitative estimate of drug-likeness (QED) is 0.819. The summed E-state index contributed by atoms with van der Waals surface area (Å²) in [5.74, 6) is 0.512. The summed E-state index contributed by atoms with van der Waals surface area (Å²) in [6.07, 6.45) is 1.06. The highest BCUT2D eigenvalue weighted by molar-refractivity contribution is 6.00. The number of rotatable bonds is 7. The van der Waals surface area contributed by atoms with Crippen LogP contribution in [0.1, 0.15) is 25.8 Å². The Morgan fingerprint density at radius 1 is 1.07 bits per heavy atom. The molecular weight excluding hydrogens is 340 g/mol. The fourth-order valence-electron chi connectivity index (χ4n) is 3.27. The molecule has 0 saturated heterocycles. The molecule has 1 heterocycles. The monoisotopic (exact) mass is 366 g/mol. The summed E-state index contributed by atoms with van der Waals surface area (Å²) < 4.78 is 5.57. The molecule has 0 aromatic heterocycles. The van der Waals surface area contributed by atoms with Crippen molar-refractivity contribution in [2.45, 2.75) is 32.7 Å². The Balaban J connectivity index is 1.57. The number of hydrogen-bond acceptors (Lipinski definition) is 3. The van der Waals surface area contributed by atoms with E-state index in [4.69, 9.17) is 4.74 Å². The van der Waals surface area contributed by atoms with Crippen molar-refractivity contribution in [3.63, 3.8) is 0 Å². The SMILES string of the molecule is CC(C)[C@H](NC(=O)CCOc1ccccc1)C(=O)N1CCc2ccccc21. The van der Waals surface area contributed by atoms with Crippen LogP contribution in [0.15, 0.2) is 54.6 Å². The Bertz CT molecular complexity index is 789. The Labute approximate surface area is 160 Å². The topological polar surface area (TPSA) is 58.6 Å². The fraction of sp³-hybridized carbons (Fsp3) is 0.364. The van der Waals surface area contributed by atoms with Gasteiger partial charge in [-0.2, -0.15) is 0 Å². The number of carbonyl (C=O) groups excluding carboxylic acids is 2. The normalized spacial score (nSPS) is 14.0. The lowest BCUT2D eigenvalue weighted by Crippen LogP contribution is -2.51. The molecule has 0 spiro atoms. The lowest BCUT2D eigenvalue weighted by atomic mass is 10.0. The second-order valence-electron chi connectivity index (χ2n) is 7.07. The van der Waals surface area contributed by atoms with E-state index in [0.29, 0.717) is 6.54 Å². The minimum Gasteiger partial charge on any atom is -0.493 e. The van der Waals surface area contributed by atoms with Gasteiger partial charge in [-0.1, -0.05) is 50.2 Å². The van der Waals surface area contributed by atoms with Crippen molar-refractivity contribution in [3.05, 3.63) is 60.2 Å². The summed E-state index contributed by atoms with van der Waals surface area (Å²) in [6, 6.07) is 16.8. The van der Waals surface area contributed by atoms with Crippen LogP contribution in [0.2, 0.25) is 0 Å². The van der Waals surface area contributed by atoms with Crippen molar-refractivity contribution in [1.82, 2.24) is 5.32 Å². The van der Waals surface area contributed by atoms with Crippen LogP contribution in [0, 0.1) is 5.92 Å². The van der Waals surface area contributed by atoms with E-state index in [0.717, 1.165) is 17.9 Å². The van der Waals surface area contributed by atoms with Gasteiger partial charge in [0.05, 0.1) is 13.0 Å². The third-order valence-corrected chi connectivity index (χ3v) is 4.74. The second kappa shape index (κ2) is 8.71. The highest BCUT2D eigenvalue weighted by Crippen LogP contribution is 2.28. The Morgan fingerprint density at radius 2 is 1.78 bits per heavy atom. The zero-order valence-corrected chi connectivity index (χ0v) is 15.9. The number of nitrogens with zero attached hydrogens (tertiary/aromatic N) is 1. The zero-order chi connectivity index (χ0) is 19.2. The van der Waals surface area contributed by atoms with Gasteiger partial charge in [0.25, 0.3) is 0 Å². The van der Waals surface area contributed by atoms with Gasteiger partial charge >= 0.3 is 0 Å². The lowest BCUT2D eigenvalue weighted by molar-refractivity contribution is -0.128. The smallest absolute Gasteiger partial charge is 0.249 e. The van der Waals surface area contributed by atoms with Crippen molar-refractivity contribution in [1.29, 1.82) is 0 Å². The molecular formula is C22H26N2O3. The number of hydrogen-bond donors (Lipinski definition) is 1. The van der Waals surface area contributed by atoms with Crippen molar-refractivity contribution < 1.29 is 14.3 Å². The molecule has 5 heteroatoms. The molecule has 142 valence electrons. The van der Waals surface area contributed by atoms with Crippen LogP contribution in [0.5, 0.6) is 5.75 Å². The third kappa shape index (κ3) is 4.67. The molecule has 2 aromatic carbocycles. The minimum absolute atomic E-state index is 0.00394. The second-order valence-corrected chi connectivity index (χ2v) is 7.07. The molecule has 0 bridgehead atoms. The number of benzene rings is 2.